The summed E-state index contributed by atoms with van der Waals surface area (Å²) in [7, 11) is 0. The zero-order chi connectivity index (χ0) is 28.3. The lowest BCUT2D eigenvalue weighted by molar-refractivity contribution is -0.151. The maximum atomic E-state index is 12.8. The molecule has 0 aromatic heterocycles. The minimum Gasteiger partial charge on any atom is -0.389 e. The molecule has 4 aliphatic heterocycles. The van der Waals surface area contributed by atoms with Crippen molar-refractivity contribution in [3.63, 3.8) is 0 Å². The third-order valence-corrected chi connectivity index (χ3v) is 10.8. The lowest BCUT2D eigenvalue weighted by atomic mass is 9.70. The van der Waals surface area contributed by atoms with E-state index in [4.69, 9.17) is 9.47 Å². The maximum absolute atomic E-state index is 12.8. The molecule has 1 unspecified atom stereocenters. The van der Waals surface area contributed by atoms with E-state index < -0.39 is 5.60 Å². The monoisotopic (exact) mass is 684 g/mol. The van der Waals surface area contributed by atoms with Gasteiger partial charge in [-0.1, -0.05) is 61.7 Å². The van der Waals surface area contributed by atoms with Crippen molar-refractivity contribution < 1.29 is 24.2 Å². The zero-order valence-corrected chi connectivity index (χ0v) is 26.0. The smallest absolute Gasteiger partial charge is 0.252 e. The highest BCUT2D eigenvalue weighted by atomic mass is 79.9. The lowest BCUT2D eigenvalue weighted by Crippen LogP contribution is -2.48. The van der Waals surface area contributed by atoms with E-state index in [0.29, 0.717) is 13.2 Å². The molecule has 0 spiro atoms. The van der Waals surface area contributed by atoms with E-state index in [9.17, 15) is 14.7 Å². The van der Waals surface area contributed by atoms with Gasteiger partial charge in [0.15, 0.2) is 12.5 Å². The van der Waals surface area contributed by atoms with Crippen LogP contribution in [-0.4, -0.2) is 57.6 Å². The van der Waals surface area contributed by atoms with Gasteiger partial charge in [-0.3, -0.25) is 9.59 Å². The Kier molecular flexibility index (Phi) is 7.39. The Hall–Kier alpha value is -2.04. The lowest BCUT2D eigenvalue weighted by Gasteiger charge is -2.41. The van der Waals surface area contributed by atoms with E-state index in [1.807, 2.05) is 58.3 Å². The summed E-state index contributed by atoms with van der Waals surface area (Å²) in [5.74, 6) is 0.0286. The molecular formula is C32H34Br2N2O5. The molecule has 0 bridgehead atoms. The highest BCUT2D eigenvalue weighted by molar-refractivity contribution is 9.10. The van der Waals surface area contributed by atoms with Crippen LogP contribution in [0.15, 0.2) is 68.6 Å². The SMILES string of the molecule is O=C1C(=C2CCC2)C[C@H]2CO[C@H](c3ccc(Br)cc3)N12.O=C1C(C2(O)CCC2)C[C@H]2CO[C@H](c3ccc(Br)cc3)N12. The second-order valence-corrected chi connectivity index (χ2v) is 14.0. The van der Waals surface area contributed by atoms with Crippen molar-refractivity contribution in [2.24, 2.45) is 5.92 Å². The summed E-state index contributed by atoms with van der Waals surface area (Å²) >= 11 is 6.86. The number of allylic oxidation sites excluding steroid dienone is 1. The van der Waals surface area contributed by atoms with E-state index in [1.54, 1.807) is 0 Å². The van der Waals surface area contributed by atoms with Gasteiger partial charge in [-0.25, -0.2) is 0 Å². The number of ether oxygens (including phenoxy) is 2. The van der Waals surface area contributed by atoms with E-state index in [1.165, 1.54) is 12.0 Å². The third-order valence-electron chi connectivity index (χ3n) is 9.74. The molecule has 1 N–H and O–H groups in total. The Bertz CT molecular complexity index is 1370. The first-order chi connectivity index (χ1) is 19.8. The van der Waals surface area contributed by atoms with Crippen LogP contribution in [0, 0.1) is 5.92 Å². The van der Waals surface area contributed by atoms with Crippen LogP contribution in [0.3, 0.4) is 0 Å². The first-order valence-electron chi connectivity index (χ1n) is 14.6. The van der Waals surface area contributed by atoms with Gasteiger partial charge in [-0.15, -0.1) is 0 Å². The second kappa shape index (κ2) is 10.9. The normalized spacial score (nSPS) is 31.4. The van der Waals surface area contributed by atoms with Crippen molar-refractivity contribution in [2.45, 2.75) is 81.5 Å². The number of hydrogen-bond acceptors (Lipinski definition) is 5. The molecule has 9 heteroatoms. The molecular weight excluding hydrogens is 652 g/mol. The molecule has 6 aliphatic rings. The molecule has 2 saturated carbocycles. The first-order valence-corrected chi connectivity index (χ1v) is 16.2. The van der Waals surface area contributed by atoms with Crippen molar-refractivity contribution in [3.8, 4) is 0 Å². The molecule has 2 amide bonds. The summed E-state index contributed by atoms with van der Waals surface area (Å²) in [5, 5.41) is 10.5. The summed E-state index contributed by atoms with van der Waals surface area (Å²) in [6.07, 6.45) is 7.10. The van der Waals surface area contributed by atoms with Crippen LogP contribution in [0.2, 0.25) is 0 Å². The maximum Gasteiger partial charge on any atom is 0.252 e. The summed E-state index contributed by atoms with van der Waals surface area (Å²) in [4.78, 5) is 29.2. The molecule has 0 radical (unpaired) electrons. The Morgan fingerprint density at radius 1 is 0.780 bits per heavy atom. The Morgan fingerprint density at radius 2 is 1.34 bits per heavy atom. The predicted octanol–water partition coefficient (Wildman–Crippen LogP) is 6.17. The number of benzene rings is 2. The van der Waals surface area contributed by atoms with Gasteiger partial charge < -0.3 is 24.4 Å². The van der Waals surface area contributed by atoms with E-state index >= 15 is 0 Å². The quantitative estimate of drug-likeness (QED) is 0.391. The van der Waals surface area contributed by atoms with E-state index in [-0.39, 0.29) is 42.3 Å². The van der Waals surface area contributed by atoms with Crippen LogP contribution in [0.4, 0.5) is 0 Å². The number of fused-ring (bicyclic) bond motifs is 2. The molecule has 41 heavy (non-hydrogen) atoms. The molecule has 216 valence electrons. The highest BCUT2D eigenvalue weighted by Crippen LogP contribution is 2.49. The van der Waals surface area contributed by atoms with Crippen molar-refractivity contribution in [1.29, 1.82) is 0 Å². The van der Waals surface area contributed by atoms with E-state index in [2.05, 4.69) is 31.9 Å². The Labute approximate surface area is 257 Å². The van der Waals surface area contributed by atoms with Gasteiger partial charge in [0.1, 0.15) is 0 Å². The van der Waals surface area contributed by atoms with Gasteiger partial charge in [-0.2, -0.15) is 0 Å². The largest absolute Gasteiger partial charge is 0.389 e. The number of aliphatic hydroxyl groups is 1. The minimum atomic E-state index is -0.758. The van der Waals surface area contributed by atoms with Gasteiger partial charge in [0.2, 0.25) is 5.91 Å². The van der Waals surface area contributed by atoms with Crippen molar-refractivity contribution in [3.05, 3.63) is 79.7 Å². The van der Waals surface area contributed by atoms with Gasteiger partial charge in [-0.05, 0) is 69.2 Å². The molecule has 4 saturated heterocycles. The van der Waals surface area contributed by atoms with Gasteiger partial charge >= 0.3 is 0 Å². The number of halogens is 2. The molecule has 7 nitrogen and oxygen atoms in total. The van der Waals surface area contributed by atoms with Crippen molar-refractivity contribution >= 4 is 43.7 Å². The molecule has 5 atom stereocenters. The molecule has 2 aliphatic carbocycles. The van der Waals surface area contributed by atoms with Crippen LogP contribution in [0.5, 0.6) is 0 Å². The van der Waals surface area contributed by atoms with Crippen LogP contribution >= 0.6 is 31.9 Å². The zero-order valence-electron chi connectivity index (χ0n) is 22.8. The van der Waals surface area contributed by atoms with Crippen LogP contribution in [-0.2, 0) is 19.1 Å². The average molecular weight is 686 g/mol. The van der Waals surface area contributed by atoms with Gasteiger partial charge in [0, 0.05) is 32.1 Å². The van der Waals surface area contributed by atoms with Crippen LogP contribution in [0.1, 0.15) is 74.9 Å². The number of hydrogen-bond donors (Lipinski definition) is 1. The summed E-state index contributed by atoms with van der Waals surface area (Å²) in [5.41, 5.74) is 3.76. The molecule has 6 fully saturated rings. The summed E-state index contributed by atoms with van der Waals surface area (Å²) in [6, 6.07) is 16.3. The second-order valence-electron chi connectivity index (χ2n) is 12.1. The fraction of sp³-hybridized carbons (Fsp3) is 0.500. The Morgan fingerprint density at radius 3 is 1.85 bits per heavy atom. The number of rotatable bonds is 3. The topological polar surface area (TPSA) is 79.3 Å². The molecule has 8 rings (SSSR count). The third kappa shape index (κ3) is 4.91. The number of carbonyl (C=O) groups is 2. The molecule has 4 heterocycles. The van der Waals surface area contributed by atoms with Crippen LogP contribution in [0.25, 0.3) is 0 Å². The first kappa shape index (κ1) is 27.8. The van der Waals surface area contributed by atoms with E-state index in [0.717, 1.165) is 70.6 Å². The van der Waals surface area contributed by atoms with Gasteiger partial charge in [0.05, 0.1) is 36.8 Å². The fourth-order valence-electron chi connectivity index (χ4n) is 7.10. The average Bonchev–Trinajstić information content (AvgIpc) is 3.67. The molecule has 2 aromatic rings. The summed E-state index contributed by atoms with van der Waals surface area (Å²) < 4.78 is 13.8. The molecule has 2 aromatic carbocycles. The van der Waals surface area contributed by atoms with Crippen LogP contribution < -0.4 is 0 Å². The Balaban J connectivity index is 0.000000135. The number of nitrogens with zero attached hydrogens (tertiary/aromatic N) is 2. The standard InChI is InChI=1S/C16H18BrNO3.C16H16BrNO2/c17-11-4-2-10(3-5-11)15-18-12(9-21-15)8-13(14(18)19)16(20)6-1-7-16;17-12-6-4-11(5-7-12)16-18-13(9-20-16)8-14(15(18)19)10-2-1-3-10/h2-5,12-13,15,20H,1,6-9H2;4-7,13,16H,1-3,8-9H2/t12-,13?,15+;13-,16+/m00/s1. The predicted molar refractivity (Wildman–Crippen MR) is 159 cm³/mol. The number of carbonyl (C=O) groups excluding carboxylic acids is 2. The van der Waals surface area contributed by atoms with Crippen molar-refractivity contribution in [2.75, 3.05) is 13.2 Å². The van der Waals surface area contributed by atoms with Gasteiger partial charge in [0.25, 0.3) is 5.91 Å². The fourth-order valence-corrected chi connectivity index (χ4v) is 7.63. The highest BCUT2D eigenvalue weighted by Gasteiger charge is 2.56. The summed E-state index contributed by atoms with van der Waals surface area (Å²) in [6.45, 7) is 1.22. The minimum absolute atomic E-state index is 0.0626. The van der Waals surface area contributed by atoms with Crippen molar-refractivity contribution in [1.82, 2.24) is 9.80 Å². The number of amides is 2.